The van der Waals surface area contributed by atoms with Crippen molar-refractivity contribution in [3.63, 3.8) is 0 Å². The molecule has 0 unspecified atom stereocenters. The molecule has 5 nitrogen and oxygen atoms in total. The number of carbonyl (C=O) groups excluding carboxylic acids is 1. The Labute approximate surface area is 157 Å². The fraction of sp³-hybridized carbons (Fsp3) is 0.526. The van der Waals surface area contributed by atoms with Gasteiger partial charge in [0.25, 0.3) is 5.91 Å². The molecule has 2 rings (SSSR count). The first kappa shape index (κ1) is 20.7. The Kier molecular flexibility index (Phi) is 6.47. The number of carbonyl (C=O) groups is 1. The summed E-state index contributed by atoms with van der Waals surface area (Å²) in [7, 11) is 3.48. The Balaban J connectivity index is 2.16. The molecular weight excluding hydrogens is 357 g/mol. The number of hydrogen-bond acceptors (Lipinski definition) is 4. The predicted molar refractivity (Wildman–Crippen MR) is 102 cm³/mol. The van der Waals surface area contributed by atoms with Gasteiger partial charge in [0.05, 0.1) is 35.1 Å². The minimum Gasteiger partial charge on any atom is -0.397 e. The summed E-state index contributed by atoms with van der Waals surface area (Å²) in [6.45, 7) is 0.296. The molecule has 1 amide bonds. The second kappa shape index (κ2) is 8.42. The van der Waals surface area contributed by atoms with Crippen molar-refractivity contribution in [3.05, 3.63) is 17.7 Å². The van der Waals surface area contributed by atoms with Crippen LogP contribution in [0.3, 0.4) is 0 Å². The average molecular weight is 382 g/mol. The Bertz CT molecular complexity index is 719. The van der Waals surface area contributed by atoms with E-state index in [4.69, 9.17) is 12.2 Å². The maximum Gasteiger partial charge on any atom is 0.391 e. The molecule has 27 heavy (non-hydrogen) atoms. The highest BCUT2D eigenvalue weighted by Gasteiger charge is 2.41. The van der Waals surface area contributed by atoms with Gasteiger partial charge in [0.2, 0.25) is 0 Å². The van der Waals surface area contributed by atoms with E-state index in [1.165, 1.54) is 0 Å². The molecule has 1 saturated carbocycles. The average Bonchev–Trinajstić information content (AvgIpc) is 2.61. The molecule has 4 N–H and O–H groups in total. The van der Waals surface area contributed by atoms with Gasteiger partial charge in [-0.2, -0.15) is 13.2 Å². The van der Waals surface area contributed by atoms with Gasteiger partial charge >= 0.3 is 6.18 Å². The van der Waals surface area contributed by atoms with E-state index in [1.807, 2.05) is 0 Å². The van der Waals surface area contributed by atoms with E-state index in [2.05, 4.69) is 16.6 Å². The molecule has 8 heteroatoms. The van der Waals surface area contributed by atoms with Gasteiger partial charge < -0.3 is 21.3 Å². The maximum atomic E-state index is 12.8. The van der Waals surface area contributed by atoms with Crippen molar-refractivity contribution >= 4 is 23.0 Å². The van der Waals surface area contributed by atoms with Crippen LogP contribution in [0.5, 0.6) is 0 Å². The normalized spacial score (nSPS) is 19.9. The van der Waals surface area contributed by atoms with Gasteiger partial charge in [-0.15, -0.1) is 6.42 Å². The highest BCUT2D eigenvalue weighted by molar-refractivity contribution is 6.02. The lowest BCUT2D eigenvalue weighted by Crippen LogP contribution is -2.40. The van der Waals surface area contributed by atoms with Crippen molar-refractivity contribution in [1.82, 2.24) is 5.32 Å². The second-order valence-corrected chi connectivity index (χ2v) is 6.83. The number of alkyl halides is 3. The number of nitrogens with zero attached hydrogens (tertiary/aromatic N) is 1. The first-order valence-electron chi connectivity index (χ1n) is 8.80. The van der Waals surface area contributed by atoms with E-state index in [9.17, 15) is 18.0 Å². The quantitative estimate of drug-likeness (QED) is 0.540. The molecule has 148 valence electrons. The summed E-state index contributed by atoms with van der Waals surface area (Å²) in [4.78, 5) is 14.5. The molecule has 0 aromatic heterocycles. The number of halogens is 3. The largest absolute Gasteiger partial charge is 0.397 e. The van der Waals surface area contributed by atoms with Crippen molar-refractivity contribution in [3.8, 4) is 12.3 Å². The lowest BCUT2D eigenvalue weighted by Gasteiger charge is -2.30. The molecule has 0 saturated heterocycles. The number of nitrogen functional groups attached to an aromatic ring is 1. The van der Waals surface area contributed by atoms with Crippen LogP contribution in [0.1, 0.15) is 36.0 Å². The van der Waals surface area contributed by atoms with Gasteiger partial charge in [-0.05, 0) is 37.8 Å². The molecule has 0 aliphatic heterocycles. The fourth-order valence-electron chi connectivity index (χ4n) is 3.37. The number of rotatable bonds is 5. The Morgan fingerprint density at radius 3 is 2.48 bits per heavy atom. The van der Waals surface area contributed by atoms with Crippen LogP contribution in [0.4, 0.5) is 30.2 Å². The minimum atomic E-state index is -4.17. The highest BCUT2D eigenvalue weighted by atomic mass is 19.4. The monoisotopic (exact) mass is 382 g/mol. The molecule has 1 aromatic rings. The molecule has 1 fully saturated rings. The number of anilines is 3. The summed E-state index contributed by atoms with van der Waals surface area (Å²) in [5.41, 5.74) is 8.01. The molecule has 0 bridgehead atoms. The van der Waals surface area contributed by atoms with Crippen molar-refractivity contribution in [2.24, 2.45) is 5.92 Å². The van der Waals surface area contributed by atoms with E-state index in [-0.39, 0.29) is 24.8 Å². The summed E-state index contributed by atoms with van der Waals surface area (Å²) in [6.07, 6.45) is 1.85. The van der Waals surface area contributed by atoms with Crippen molar-refractivity contribution in [1.29, 1.82) is 0 Å². The first-order valence-corrected chi connectivity index (χ1v) is 8.80. The van der Waals surface area contributed by atoms with Crippen LogP contribution >= 0.6 is 0 Å². The smallest absolute Gasteiger partial charge is 0.391 e. The summed E-state index contributed by atoms with van der Waals surface area (Å²) >= 11 is 0. The number of terminal acetylenes is 1. The third-order valence-electron chi connectivity index (χ3n) is 4.95. The second-order valence-electron chi connectivity index (χ2n) is 6.83. The van der Waals surface area contributed by atoms with Crippen molar-refractivity contribution in [2.75, 3.05) is 36.6 Å². The van der Waals surface area contributed by atoms with Gasteiger partial charge in [-0.1, -0.05) is 5.92 Å². The zero-order valence-electron chi connectivity index (χ0n) is 15.5. The van der Waals surface area contributed by atoms with Gasteiger partial charge in [-0.3, -0.25) is 4.79 Å². The standard InChI is InChI=1S/C19H25F3N4O/c1-4-9-26(3)17-11-16(24-2)15(23)10-14(17)18(27)25-13-7-5-12(6-8-13)19(20,21)22/h1,10-13,24H,5-9,23H2,2-3H3,(H,25,27). The van der Waals surface area contributed by atoms with Crippen molar-refractivity contribution in [2.45, 2.75) is 37.9 Å². The summed E-state index contributed by atoms with van der Waals surface area (Å²) in [5.74, 6) is 0.874. The van der Waals surface area contributed by atoms with Crippen LogP contribution < -0.4 is 21.3 Å². The Hall–Kier alpha value is -2.56. The van der Waals surface area contributed by atoms with Gasteiger partial charge in [-0.25, -0.2) is 0 Å². The highest BCUT2D eigenvalue weighted by Crippen LogP contribution is 2.37. The first-order chi connectivity index (χ1) is 12.7. The maximum absolute atomic E-state index is 12.8. The van der Waals surface area contributed by atoms with Crippen LogP contribution in [0.15, 0.2) is 12.1 Å². The Morgan fingerprint density at radius 1 is 1.33 bits per heavy atom. The predicted octanol–water partition coefficient (Wildman–Crippen LogP) is 3.23. The number of nitrogens with two attached hydrogens (primary N) is 1. The van der Waals surface area contributed by atoms with Crippen LogP contribution in [-0.4, -0.2) is 38.8 Å². The fourth-order valence-corrected chi connectivity index (χ4v) is 3.37. The SMILES string of the molecule is C#CCN(C)c1cc(NC)c(N)cc1C(=O)NC1CCC(C(F)(F)F)CC1. The lowest BCUT2D eigenvalue weighted by atomic mass is 9.85. The van der Waals surface area contributed by atoms with Crippen molar-refractivity contribution < 1.29 is 18.0 Å². The molecule has 0 atom stereocenters. The third kappa shape index (κ3) is 5.00. The van der Waals surface area contributed by atoms with E-state index < -0.39 is 12.1 Å². The lowest BCUT2D eigenvalue weighted by molar-refractivity contribution is -0.182. The molecule has 0 spiro atoms. The van der Waals surface area contributed by atoms with Crippen LogP contribution in [0, 0.1) is 18.3 Å². The zero-order chi connectivity index (χ0) is 20.2. The molecule has 0 heterocycles. The van der Waals surface area contributed by atoms with E-state index >= 15 is 0 Å². The van der Waals surface area contributed by atoms with E-state index in [0.29, 0.717) is 42.0 Å². The minimum absolute atomic E-state index is 0.0269. The number of amides is 1. The van der Waals surface area contributed by atoms with Gasteiger partial charge in [0.15, 0.2) is 0 Å². The molecular formula is C19H25F3N4O. The molecule has 1 aliphatic carbocycles. The van der Waals surface area contributed by atoms with Crippen LogP contribution in [0.2, 0.25) is 0 Å². The topological polar surface area (TPSA) is 70.4 Å². The summed E-state index contributed by atoms with van der Waals surface area (Å²) < 4.78 is 38.4. The molecule has 1 aliphatic rings. The molecule has 0 radical (unpaired) electrons. The summed E-state index contributed by atoms with van der Waals surface area (Å²) in [5, 5.41) is 5.81. The number of hydrogen-bond donors (Lipinski definition) is 3. The third-order valence-corrected chi connectivity index (χ3v) is 4.95. The zero-order valence-corrected chi connectivity index (χ0v) is 15.5. The van der Waals surface area contributed by atoms with Crippen LogP contribution in [0.25, 0.3) is 0 Å². The van der Waals surface area contributed by atoms with Crippen LogP contribution in [-0.2, 0) is 0 Å². The summed E-state index contributed by atoms with van der Waals surface area (Å²) in [6, 6.07) is 3.01. The van der Waals surface area contributed by atoms with Gasteiger partial charge in [0, 0.05) is 20.1 Å². The van der Waals surface area contributed by atoms with E-state index in [0.717, 1.165) is 0 Å². The molecule has 1 aromatic carbocycles. The Morgan fingerprint density at radius 2 is 1.96 bits per heavy atom. The number of benzene rings is 1. The van der Waals surface area contributed by atoms with Gasteiger partial charge in [0.1, 0.15) is 0 Å². The van der Waals surface area contributed by atoms with E-state index in [1.54, 1.807) is 31.1 Å². The number of nitrogens with one attached hydrogen (secondary N) is 2.